The molecule has 3 fully saturated rings. The van der Waals surface area contributed by atoms with Crippen LogP contribution in [0.5, 0.6) is 0 Å². The second-order valence-electron chi connectivity index (χ2n) is 4.51. The van der Waals surface area contributed by atoms with E-state index in [1.807, 2.05) is 0 Å². The van der Waals surface area contributed by atoms with Crippen molar-refractivity contribution in [2.24, 2.45) is 23.7 Å². The number of fused-ring (bicyclic) bond motifs is 3. The van der Waals surface area contributed by atoms with E-state index in [1.165, 1.54) is 0 Å². The molecule has 3 aliphatic rings. The van der Waals surface area contributed by atoms with Crippen LogP contribution in [0.25, 0.3) is 0 Å². The summed E-state index contributed by atoms with van der Waals surface area (Å²) in [5.41, 5.74) is 0. The van der Waals surface area contributed by atoms with Crippen molar-refractivity contribution in [3.63, 3.8) is 0 Å². The third-order valence-corrected chi connectivity index (χ3v) is 3.72. The monoisotopic (exact) mass is 226 g/mol. The molecule has 6 nitrogen and oxygen atoms in total. The molecule has 0 amide bonds. The average Bonchev–Trinajstić information content (AvgIpc) is 2.67. The first kappa shape index (κ1) is 9.77. The van der Waals surface area contributed by atoms with Crippen LogP contribution in [0.1, 0.15) is 12.8 Å². The molecule has 5 atom stereocenters. The van der Waals surface area contributed by atoms with Crippen LogP contribution in [0.2, 0.25) is 0 Å². The second kappa shape index (κ2) is 3.04. The van der Waals surface area contributed by atoms with Crippen molar-refractivity contribution < 1.29 is 29.0 Å². The Morgan fingerprint density at radius 1 is 1.00 bits per heavy atom. The van der Waals surface area contributed by atoms with Crippen molar-refractivity contribution in [1.29, 1.82) is 0 Å². The van der Waals surface area contributed by atoms with Crippen LogP contribution in [0.4, 0.5) is 0 Å². The molecule has 0 aromatic heterocycles. The normalized spacial score (nSPS) is 46.1. The van der Waals surface area contributed by atoms with Crippen molar-refractivity contribution in [1.82, 2.24) is 0 Å². The Bertz CT molecular complexity index is 389. The molecular formula is C10H10O6. The topological polar surface area (TPSA) is 89.9 Å². The van der Waals surface area contributed by atoms with E-state index in [0.29, 0.717) is 6.42 Å². The fourth-order valence-corrected chi connectivity index (χ4v) is 3.05. The summed E-state index contributed by atoms with van der Waals surface area (Å²) in [4.78, 5) is 34.3. The maximum atomic E-state index is 11.5. The van der Waals surface area contributed by atoms with Gasteiger partial charge in [0.1, 0.15) is 0 Å². The van der Waals surface area contributed by atoms with Gasteiger partial charge in [0.05, 0.1) is 17.8 Å². The SMILES string of the molecule is O=C1OC(O)CC2C1CC1C(=O)OC(=O)C12. The average molecular weight is 226 g/mol. The Hall–Kier alpha value is -1.43. The van der Waals surface area contributed by atoms with Crippen LogP contribution in [0.15, 0.2) is 0 Å². The maximum absolute atomic E-state index is 11.5. The molecule has 3 rings (SSSR count). The molecule has 6 heteroatoms. The number of hydrogen-bond acceptors (Lipinski definition) is 6. The molecule has 16 heavy (non-hydrogen) atoms. The largest absolute Gasteiger partial charge is 0.436 e. The zero-order valence-corrected chi connectivity index (χ0v) is 8.29. The zero-order valence-electron chi connectivity index (χ0n) is 8.29. The molecule has 0 aromatic carbocycles. The number of carbonyl (C=O) groups is 3. The molecule has 1 aliphatic carbocycles. The Labute approximate surface area is 90.5 Å². The van der Waals surface area contributed by atoms with Gasteiger partial charge in [-0.2, -0.15) is 0 Å². The highest BCUT2D eigenvalue weighted by Gasteiger charge is 2.60. The summed E-state index contributed by atoms with van der Waals surface area (Å²) >= 11 is 0. The Morgan fingerprint density at radius 2 is 1.75 bits per heavy atom. The summed E-state index contributed by atoms with van der Waals surface area (Å²) in [6.07, 6.45) is -0.665. The minimum atomic E-state index is -1.17. The molecule has 0 radical (unpaired) electrons. The van der Waals surface area contributed by atoms with Crippen LogP contribution in [0.3, 0.4) is 0 Å². The number of esters is 3. The quantitative estimate of drug-likeness (QED) is 0.429. The lowest BCUT2D eigenvalue weighted by Gasteiger charge is -2.29. The number of cyclic esters (lactones) is 3. The van der Waals surface area contributed by atoms with Gasteiger partial charge in [-0.1, -0.05) is 0 Å². The number of aliphatic hydroxyl groups is 1. The summed E-state index contributed by atoms with van der Waals surface area (Å²) in [6, 6.07) is 0. The molecule has 0 spiro atoms. The number of hydrogen-bond donors (Lipinski definition) is 1. The van der Waals surface area contributed by atoms with Crippen molar-refractivity contribution in [2.45, 2.75) is 19.1 Å². The third kappa shape index (κ3) is 1.13. The van der Waals surface area contributed by atoms with Crippen molar-refractivity contribution in [2.75, 3.05) is 0 Å². The van der Waals surface area contributed by atoms with E-state index in [9.17, 15) is 19.5 Å². The molecule has 86 valence electrons. The van der Waals surface area contributed by atoms with E-state index in [4.69, 9.17) is 0 Å². The van der Waals surface area contributed by atoms with Crippen LogP contribution in [0, 0.1) is 23.7 Å². The second-order valence-corrected chi connectivity index (χ2v) is 4.51. The Balaban J connectivity index is 1.94. The predicted molar refractivity (Wildman–Crippen MR) is 46.4 cm³/mol. The van der Waals surface area contributed by atoms with Gasteiger partial charge >= 0.3 is 17.9 Å². The van der Waals surface area contributed by atoms with E-state index in [0.717, 1.165) is 0 Å². The van der Waals surface area contributed by atoms with E-state index in [-0.39, 0.29) is 12.3 Å². The highest BCUT2D eigenvalue weighted by atomic mass is 16.6. The highest BCUT2D eigenvalue weighted by molar-refractivity contribution is 5.98. The van der Waals surface area contributed by atoms with Gasteiger partial charge < -0.3 is 14.6 Å². The molecule has 2 saturated heterocycles. The van der Waals surface area contributed by atoms with E-state index >= 15 is 0 Å². The van der Waals surface area contributed by atoms with E-state index in [1.54, 1.807) is 0 Å². The van der Waals surface area contributed by atoms with Gasteiger partial charge in [-0.05, 0) is 12.3 Å². The number of rotatable bonds is 0. The van der Waals surface area contributed by atoms with Crippen LogP contribution < -0.4 is 0 Å². The first-order valence-corrected chi connectivity index (χ1v) is 5.22. The minimum Gasteiger partial charge on any atom is -0.436 e. The van der Waals surface area contributed by atoms with Gasteiger partial charge in [-0.25, -0.2) is 0 Å². The van der Waals surface area contributed by atoms with Gasteiger partial charge in [-0.3, -0.25) is 14.4 Å². The van der Waals surface area contributed by atoms with Gasteiger partial charge in [0, 0.05) is 6.42 Å². The molecule has 2 heterocycles. The lowest BCUT2D eigenvalue weighted by molar-refractivity contribution is -0.190. The summed E-state index contributed by atoms with van der Waals surface area (Å²) in [5, 5.41) is 9.32. The smallest absolute Gasteiger partial charge is 0.317 e. The van der Waals surface area contributed by atoms with E-state index in [2.05, 4.69) is 9.47 Å². The summed E-state index contributed by atoms with van der Waals surface area (Å²) in [5.74, 6) is -3.49. The van der Waals surface area contributed by atoms with Crippen LogP contribution in [-0.2, 0) is 23.9 Å². The highest BCUT2D eigenvalue weighted by Crippen LogP contribution is 2.50. The standard InChI is InChI=1S/C10H10O6/c11-6-2-3-4(8(12)15-6)1-5-7(3)10(14)16-9(5)13/h3-7,11H,1-2H2. The number of ether oxygens (including phenoxy) is 2. The Kier molecular flexibility index (Phi) is 1.85. The van der Waals surface area contributed by atoms with E-state index < -0.39 is 42.0 Å². The molecule has 1 saturated carbocycles. The number of aliphatic hydroxyl groups excluding tert-OH is 1. The molecule has 0 bridgehead atoms. The summed E-state index contributed by atoms with van der Waals surface area (Å²) in [7, 11) is 0. The fourth-order valence-electron chi connectivity index (χ4n) is 3.05. The Morgan fingerprint density at radius 3 is 2.50 bits per heavy atom. The van der Waals surface area contributed by atoms with Crippen molar-refractivity contribution in [3.05, 3.63) is 0 Å². The van der Waals surface area contributed by atoms with Gasteiger partial charge in [0.25, 0.3) is 0 Å². The zero-order chi connectivity index (χ0) is 11.4. The van der Waals surface area contributed by atoms with Gasteiger partial charge in [-0.15, -0.1) is 0 Å². The van der Waals surface area contributed by atoms with Gasteiger partial charge in [0.15, 0.2) is 0 Å². The molecule has 1 N–H and O–H groups in total. The minimum absolute atomic E-state index is 0.208. The molecule has 5 unspecified atom stereocenters. The van der Waals surface area contributed by atoms with Crippen LogP contribution >= 0.6 is 0 Å². The fraction of sp³-hybridized carbons (Fsp3) is 0.700. The molecule has 0 aromatic rings. The van der Waals surface area contributed by atoms with Gasteiger partial charge in [0.2, 0.25) is 6.29 Å². The van der Waals surface area contributed by atoms with Crippen molar-refractivity contribution >= 4 is 17.9 Å². The van der Waals surface area contributed by atoms with Crippen molar-refractivity contribution in [3.8, 4) is 0 Å². The van der Waals surface area contributed by atoms with Crippen LogP contribution in [-0.4, -0.2) is 29.3 Å². The first-order chi connectivity index (χ1) is 7.58. The molecule has 2 aliphatic heterocycles. The summed E-state index contributed by atoms with van der Waals surface area (Å²) < 4.78 is 9.23. The predicted octanol–water partition coefficient (Wildman–Crippen LogP) is -0.796. The number of carbonyl (C=O) groups excluding carboxylic acids is 3. The summed E-state index contributed by atoms with van der Waals surface area (Å²) in [6.45, 7) is 0. The lowest BCUT2D eigenvalue weighted by Crippen LogP contribution is -2.38. The third-order valence-electron chi connectivity index (χ3n) is 3.72. The lowest BCUT2D eigenvalue weighted by atomic mass is 9.84. The first-order valence-electron chi connectivity index (χ1n) is 5.22. The molecular weight excluding hydrogens is 216 g/mol. The maximum Gasteiger partial charge on any atom is 0.317 e.